The molecule has 2 heterocycles. The Labute approximate surface area is 126 Å². The number of hydrogen-bond acceptors (Lipinski definition) is 7. The Hall–Kier alpha value is -0.990. The summed E-state index contributed by atoms with van der Waals surface area (Å²) >= 11 is 3.40. The number of aromatic nitrogens is 5. The zero-order valence-electron chi connectivity index (χ0n) is 11.7. The second kappa shape index (κ2) is 6.19. The highest BCUT2D eigenvalue weighted by Gasteiger charge is 2.20. The Balaban J connectivity index is 1.52. The molecule has 0 aromatic carbocycles. The molecular formula is C12H18N6S2. The van der Waals surface area contributed by atoms with Gasteiger partial charge < -0.3 is 5.32 Å². The lowest BCUT2D eigenvalue weighted by Crippen LogP contribution is -2.22. The lowest BCUT2D eigenvalue weighted by molar-refractivity contribution is 0.509. The van der Waals surface area contributed by atoms with E-state index in [0.29, 0.717) is 0 Å². The van der Waals surface area contributed by atoms with Gasteiger partial charge in [-0.05, 0) is 37.1 Å². The van der Waals surface area contributed by atoms with E-state index < -0.39 is 0 Å². The lowest BCUT2D eigenvalue weighted by atomic mass is 10.4. The molecular weight excluding hydrogens is 292 g/mol. The van der Waals surface area contributed by atoms with E-state index in [0.717, 1.165) is 40.7 Å². The Kier molecular flexibility index (Phi) is 4.32. The van der Waals surface area contributed by atoms with Gasteiger partial charge in [-0.1, -0.05) is 11.8 Å². The van der Waals surface area contributed by atoms with Crippen LogP contribution in [-0.2, 0) is 12.3 Å². The predicted molar refractivity (Wildman–Crippen MR) is 80.0 cm³/mol. The van der Waals surface area contributed by atoms with Crippen LogP contribution in [0.15, 0.2) is 5.16 Å². The van der Waals surface area contributed by atoms with Gasteiger partial charge in [0.15, 0.2) is 0 Å². The van der Waals surface area contributed by atoms with E-state index in [4.69, 9.17) is 0 Å². The Morgan fingerprint density at radius 3 is 2.95 bits per heavy atom. The van der Waals surface area contributed by atoms with E-state index in [1.54, 1.807) is 23.1 Å². The van der Waals surface area contributed by atoms with Crippen molar-refractivity contribution in [1.29, 1.82) is 0 Å². The average molecular weight is 310 g/mol. The van der Waals surface area contributed by atoms with Crippen LogP contribution in [-0.4, -0.2) is 37.8 Å². The Morgan fingerprint density at radius 1 is 1.40 bits per heavy atom. The molecule has 0 bridgehead atoms. The van der Waals surface area contributed by atoms with Crippen molar-refractivity contribution in [2.75, 3.05) is 6.54 Å². The first-order valence-corrected chi connectivity index (χ1v) is 8.58. The molecule has 0 atom stereocenters. The molecule has 0 spiro atoms. The van der Waals surface area contributed by atoms with E-state index in [2.05, 4.69) is 32.7 Å². The predicted octanol–water partition coefficient (Wildman–Crippen LogP) is 1.79. The number of tetrazole rings is 1. The third-order valence-electron chi connectivity index (χ3n) is 3.23. The minimum atomic E-state index is 0.726. The third-order valence-corrected chi connectivity index (χ3v) is 5.45. The molecule has 3 rings (SSSR count). The standard InChI is InChI=1S/C12H18N6S2/c1-8-9(2)20-11(14-8)7-19-12-15-16-17-18(12)6-5-13-10-3-4-10/h10,13H,3-7H2,1-2H3. The van der Waals surface area contributed by atoms with E-state index in [-0.39, 0.29) is 0 Å². The van der Waals surface area contributed by atoms with Gasteiger partial charge in [-0.15, -0.1) is 16.4 Å². The normalized spacial score (nSPS) is 14.9. The molecule has 108 valence electrons. The highest BCUT2D eigenvalue weighted by Crippen LogP contribution is 2.24. The molecule has 20 heavy (non-hydrogen) atoms. The van der Waals surface area contributed by atoms with Crippen LogP contribution in [0.25, 0.3) is 0 Å². The molecule has 0 radical (unpaired) electrons. The quantitative estimate of drug-likeness (QED) is 0.786. The number of hydrogen-bond donors (Lipinski definition) is 1. The first-order valence-electron chi connectivity index (χ1n) is 6.77. The van der Waals surface area contributed by atoms with Crippen molar-refractivity contribution in [3.63, 3.8) is 0 Å². The Bertz CT molecular complexity index is 555. The molecule has 6 nitrogen and oxygen atoms in total. The van der Waals surface area contributed by atoms with Gasteiger partial charge >= 0.3 is 0 Å². The number of nitrogens with one attached hydrogen (secondary N) is 1. The number of nitrogens with zero attached hydrogens (tertiary/aromatic N) is 5. The summed E-state index contributed by atoms with van der Waals surface area (Å²) < 4.78 is 1.87. The summed E-state index contributed by atoms with van der Waals surface area (Å²) in [5, 5.41) is 17.4. The smallest absolute Gasteiger partial charge is 0.209 e. The van der Waals surface area contributed by atoms with Crippen LogP contribution in [0.3, 0.4) is 0 Å². The fraction of sp³-hybridized carbons (Fsp3) is 0.667. The molecule has 0 amide bonds. The fourth-order valence-corrected chi connectivity index (χ4v) is 3.66. The van der Waals surface area contributed by atoms with Gasteiger partial charge in [0.1, 0.15) is 5.01 Å². The van der Waals surface area contributed by atoms with Gasteiger partial charge in [0.25, 0.3) is 0 Å². The van der Waals surface area contributed by atoms with E-state index in [9.17, 15) is 0 Å². The fourth-order valence-electron chi connectivity index (χ4n) is 1.83. The third kappa shape index (κ3) is 3.56. The molecule has 2 aromatic rings. The van der Waals surface area contributed by atoms with E-state index >= 15 is 0 Å². The highest BCUT2D eigenvalue weighted by atomic mass is 32.2. The monoisotopic (exact) mass is 310 g/mol. The summed E-state index contributed by atoms with van der Waals surface area (Å²) in [5.41, 5.74) is 1.12. The van der Waals surface area contributed by atoms with Crippen LogP contribution in [0.1, 0.15) is 28.4 Å². The van der Waals surface area contributed by atoms with Crippen LogP contribution in [0.5, 0.6) is 0 Å². The number of thioether (sulfide) groups is 1. The van der Waals surface area contributed by atoms with Crippen LogP contribution < -0.4 is 5.32 Å². The second-order valence-corrected chi connectivity index (χ2v) is 7.18. The minimum Gasteiger partial charge on any atom is -0.312 e. The Morgan fingerprint density at radius 2 is 2.25 bits per heavy atom. The molecule has 0 unspecified atom stereocenters. The van der Waals surface area contributed by atoms with Crippen LogP contribution in [0.4, 0.5) is 0 Å². The molecule has 1 saturated carbocycles. The zero-order valence-corrected chi connectivity index (χ0v) is 13.3. The number of thiazole rings is 1. The summed E-state index contributed by atoms with van der Waals surface area (Å²) in [5.74, 6) is 0.829. The zero-order chi connectivity index (χ0) is 13.9. The summed E-state index contributed by atoms with van der Waals surface area (Å²) in [6.45, 7) is 5.91. The SMILES string of the molecule is Cc1nc(CSc2nnnn2CCNC2CC2)sc1C. The minimum absolute atomic E-state index is 0.726. The van der Waals surface area contributed by atoms with E-state index in [1.165, 1.54) is 17.7 Å². The summed E-state index contributed by atoms with van der Waals surface area (Å²) in [6.07, 6.45) is 2.61. The molecule has 1 aliphatic carbocycles. The molecule has 1 N–H and O–H groups in total. The van der Waals surface area contributed by atoms with Gasteiger partial charge in [0.2, 0.25) is 5.16 Å². The van der Waals surface area contributed by atoms with Crippen LogP contribution in [0, 0.1) is 13.8 Å². The van der Waals surface area contributed by atoms with Crippen molar-refractivity contribution in [1.82, 2.24) is 30.5 Å². The molecule has 0 aliphatic heterocycles. The second-order valence-electron chi connectivity index (χ2n) is 4.95. The molecule has 2 aromatic heterocycles. The van der Waals surface area contributed by atoms with Gasteiger partial charge in [0.05, 0.1) is 18.0 Å². The number of rotatable bonds is 7. The van der Waals surface area contributed by atoms with Crippen molar-refractivity contribution in [2.24, 2.45) is 0 Å². The largest absolute Gasteiger partial charge is 0.312 e. The van der Waals surface area contributed by atoms with Gasteiger partial charge in [0, 0.05) is 17.5 Å². The maximum Gasteiger partial charge on any atom is 0.209 e. The summed E-state index contributed by atoms with van der Waals surface area (Å²) in [4.78, 5) is 5.83. The first-order chi connectivity index (χ1) is 9.72. The summed E-state index contributed by atoms with van der Waals surface area (Å²) in [7, 11) is 0. The van der Waals surface area contributed by atoms with Gasteiger partial charge in [-0.2, -0.15) is 0 Å². The molecule has 1 aliphatic rings. The van der Waals surface area contributed by atoms with Crippen molar-refractivity contribution in [3.05, 3.63) is 15.6 Å². The van der Waals surface area contributed by atoms with E-state index in [1.807, 2.05) is 11.6 Å². The van der Waals surface area contributed by atoms with Crippen molar-refractivity contribution in [3.8, 4) is 0 Å². The molecule has 8 heteroatoms. The van der Waals surface area contributed by atoms with Gasteiger partial charge in [-0.25, -0.2) is 9.67 Å². The average Bonchev–Trinajstić information content (AvgIpc) is 3.04. The maximum absolute atomic E-state index is 4.54. The maximum atomic E-state index is 4.54. The van der Waals surface area contributed by atoms with Crippen LogP contribution in [0.2, 0.25) is 0 Å². The summed E-state index contributed by atoms with van der Waals surface area (Å²) in [6, 6.07) is 0.726. The lowest BCUT2D eigenvalue weighted by Gasteiger charge is -2.04. The van der Waals surface area contributed by atoms with Gasteiger partial charge in [-0.3, -0.25) is 0 Å². The van der Waals surface area contributed by atoms with Crippen molar-refractivity contribution in [2.45, 2.75) is 50.2 Å². The van der Waals surface area contributed by atoms with Crippen molar-refractivity contribution >= 4 is 23.1 Å². The topological polar surface area (TPSA) is 68.5 Å². The number of aryl methyl sites for hydroxylation is 2. The highest BCUT2D eigenvalue weighted by molar-refractivity contribution is 7.98. The van der Waals surface area contributed by atoms with Crippen molar-refractivity contribution < 1.29 is 0 Å². The molecule has 1 fully saturated rings. The van der Waals surface area contributed by atoms with Crippen LogP contribution >= 0.6 is 23.1 Å². The first kappa shape index (κ1) is 14.0. The molecule has 0 saturated heterocycles.